The van der Waals surface area contributed by atoms with E-state index in [1.54, 1.807) is 29.5 Å². The second-order valence-corrected chi connectivity index (χ2v) is 8.58. The largest absolute Gasteiger partial charge is 0.467 e. The molecule has 5 nitrogen and oxygen atoms in total. The maximum atomic E-state index is 13.1. The molecule has 0 aliphatic carbocycles. The van der Waals surface area contributed by atoms with Gasteiger partial charge in [0.15, 0.2) is 5.17 Å². The Hall–Kier alpha value is -2.83. The SMILES string of the molecule is Cc1ccc(CC2S/C(=N\N=C\c3ccc(Cl)cc3)N(Cc3ccco3)C2=O)cc1. The Morgan fingerprint density at radius 3 is 2.60 bits per heavy atom. The van der Waals surface area contributed by atoms with Crippen LogP contribution in [0.1, 0.15) is 22.5 Å². The molecule has 0 saturated carbocycles. The van der Waals surface area contributed by atoms with E-state index in [1.165, 1.54) is 17.3 Å². The van der Waals surface area contributed by atoms with Gasteiger partial charge >= 0.3 is 0 Å². The van der Waals surface area contributed by atoms with Crippen LogP contribution in [0.3, 0.4) is 0 Å². The lowest BCUT2D eigenvalue weighted by atomic mass is 10.1. The van der Waals surface area contributed by atoms with Gasteiger partial charge in [-0.15, -0.1) is 5.10 Å². The Balaban J connectivity index is 1.54. The summed E-state index contributed by atoms with van der Waals surface area (Å²) < 4.78 is 5.43. The van der Waals surface area contributed by atoms with E-state index in [1.807, 2.05) is 31.2 Å². The monoisotopic (exact) mass is 437 g/mol. The molecular formula is C23H20ClN3O2S. The van der Waals surface area contributed by atoms with Crippen LogP contribution in [-0.4, -0.2) is 27.4 Å². The average molecular weight is 438 g/mol. The summed E-state index contributed by atoms with van der Waals surface area (Å²) in [5.74, 6) is 0.715. The predicted octanol–water partition coefficient (Wildman–Crippen LogP) is 5.32. The summed E-state index contributed by atoms with van der Waals surface area (Å²) in [6.07, 6.45) is 3.88. The first-order valence-corrected chi connectivity index (χ1v) is 10.8. The van der Waals surface area contributed by atoms with Gasteiger partial charge in [0.05, 0.1) is 24.3 Å². The molecule has 3 aromatic rings. The summed E-state index contributed by atoms with van der Waals surface area (Å²) >= 11 is 7.35. The third-order valence-electron chi connectivity index (χ3n) is 4.68. The maximum absolute atomic E-state index is 13.1. The van der Waals surface area contributed by atoms with E-state index in [2.05, 4.69) is 34.5 Å². The van der Waals surface area contributed by atoms with Gasteiger partial charge in [-0.25, -0.2) is 0 Å². The number of furan rings is 1. The van der Waals surface area contributed by atoms with Crippen molar-refractivity contribution >= 4 is 40.7 Å². The number of carbonyl (C=O) groups is 1. The van der Waals surface area contributed by atoms with Gasteiger partial charge < -0.3 is 4.42 Å². The van der Waals surface area contributed by atoms with Crippen molar-refractivity contribution in [3.8, 4) is 0 Å². The molecule has 0 bridgehead atoms. The van der Waals surface area contributed by atoms with Crippen LogP contribution in [-0.2, 0) is 17.8 Å². The molecule has 2 aromatic carbocycles. The van der Waals surface area contributed by atoms with E-state index in [4.69, 9.17) is 16.0 Å². The smallest absolute Gasteiger partial charge is 0.242 e. The Bertz CT molecular complexity index is 1060. The van der Waals surface area contributed by atoms with Gasteiger partial charge in [0.1, 0.15) is 5.76 Å². The molecule has 0 N–H and O–H groups in total. The highest BCUT2D eigenvalue weighted by atomic mass is 35.5. The minimum atomic E-state index is -0.243. The lowest BCUT2D eigenvalue weighted by molar-refractivity contribution is -0.126. The van der Waals surface area contributed by atoms with Crippen molar-refractivity contribution in [1.82, 2.24) is 4.90 Å². The molecule has 1 saturated heterocycles. The topological polar surface area (TPSA) is 58.2 Å². The molecule has 0 radical (unpaired) electrons. The maximum Gasteiger partial charge on any atom is 0.242 e. The first kappa shape index (κ1) is 20.4. The average Bonchev–Trinajstić information content (AvgIpc) is 3.35. The molecule has 1 atom stereocenters. The number of rotatable bonds is 6. The zero-order chi connectivity index (χ0) is 20.9. The van der Waals surface area contributed by atoms with Gasteiger partial charge in [0, 0.05) is 5.02 Å². The highest BCUT2D eigenvalue weighted by Crippen LogP contribution is 2.31. The van der Waals surface area contributed by atoms with Crippen LogP contribution >= 0.6 is 23.4 Å². The van der Waals surface area contributed by atoms with Crippen LogP contribution in [0, 0.1) is 6.92 Å². The molecule has 0 spiro atoms. The fraction of sp³-hybridized carbons (Fsp3) is 0.174. The molecule has 1 amide bonds. The number of hydrogen-bond donors (Lipinski definition) is 0. The Labute approximate surface area is 184 Å². The van der Waals surface area contributed by atoms with E-state index in [-0.39, 0.29) is 11.2 Å². The number of hydrogen-bond acceptors (Lipinski definition) is 5. The first-order chi connectivity index (χ1) is 14.6. The number of amidine groups is 1. The Morgan fingerprint density at radius 2 is 1.90 bits per heavy atom. The standard InChI is InChI=1S/C23H20ClN3O2S/c1-16-4-6-17(7-5-16)13-21-22(28)27(15-20-3-2-12-29-20)23(30-21)26-25-14-18-8-10-19(24)11-9-18/h2-12,14,21H,13,15H2,1H3/b25-14+,26-23-. The van der Waals surface area contributed by atoms with E-state index in [9.17, 15) is 4.79 Å². The summed E-state index contributed by atoms with van der Waals surface area (Å²) in [6, 6.07) is 19.2. The summed E-state index contributed by atoms with van der Waals surface area (Å²) in [4.78, 5) is 14.7. The van der Waals surface area contributed by atoms with Crippen molar-refractivity contribution in [3.05, 3.63) is 94.4 Å². The number of carbonyl (C=O) groups excluding carboxylic acids is 1. The highest BCUT2D eigenvalue weighted by molar-refractivity contribution is 8.15. The third-order valence-corrected chi connectivity index (χ3v) is 6.09. The van der Waals surface area contributed by atoms with E-state index >= 15 is 0 Å². The molecular weight excluding hydrogens is 418 g/mol. The lowest BCUT2D eigenvalue weighted by Crippen LogP contribution is -2.32. The third kappa shape index (κ3) is 5.01. The van der Waals surface area contributed by atoms with Crippen LogP contribution < -0.4 is 0 Å². The normalized spacial score (nSPS) is 18.1. The van der Waals surface area contributed by atoms with Crippen molar-refractivity contribution in [2.45, 2.75) is 25.1 Å². The van der Waals surface area contributed by atoms with Crippen LogP contribution in [0.5, 0.6) is 0 Å². The summed E-state index contributed by atoms with van der Waals surface area (Å²) in [6.45, 7) is 2.38. The van der Waals surface area contributed by atoms with Gasteiger partial charge in [-0.05, 0) is 48.7 Å². The van der Waals surface area contributed by atoms with Crippen LogP contribution in [0.15, 0.2) is 81.5 Å². The van der Waals surface area contributed by atoms with E-state index in [0.29, 0.717) is 28.9 Å². The molecule has 7 heteroatoms. The number of benzene rings is 2. The zero-order valence-corrected chi connectivity index (χ0v) is 17.9. The molecule has 1 aliphatic rings. The lowest BCUT2D eigenvalue weighted by Gasteiger charge is -2.14. The predicted molar refractivity (Wildman–Crippen MR) is 122 cm³/mol. The molecule has 152 valence electrons. The molecule has 1 unspecified atom stereocenters. The quantitative estimate of drug-likeness (QED) is 0.387. The fourth-order valence-electron chi connectivity index (χ4n) is 3.05. The van der Waals surface area contributed by atoms with Crippen molar-refractivity contribution in [3.63, 3.8) is 0 Å². The number of amides is 1. The molecule has 4 rings (SSSR count). The minimum absolute atomic E-state index is 0.0115. The Kier molecular flexibility index (Phi) is 6.35. The fourth-order valence-corrected chi connectivity index (χ4v) is 4.31. The molecule has 30 heavy (non-hydrogen) atoms. The number of thioether (sulfide) groups is 1. The van der Waals surface area contributed by atoms with E-state index in [0.717, 1.165) is 11.1 Å². The van der Waals surface area contributed by atoms with Crippen LogP contribution in [0.4, 0.5) is 0 Å². The van der Waals surface area contributed by atoms with E-state index < -0.39 is 0 Å². The minimum Gasteiger partial charge on any atom is -0.467 e. The summed E-state index contributed by atoms with van der Waals surface area (Å²) in [5, 5.41) is 9.52. The second-order valence-electron chi connectivity index (χ2n) is 6.98. The molecule has 1 aromatic heterocycles. The zero-order valence-electron chi connectivity index (χ0n) is 16.4. The summed E-state index contributed by atoms with van der Waals surface area (Å²) in [5.41, 5.74) is 3.20. The van der Waals surface area contributed by atoms with Crippen LogP contribution in [0.2, 0.25) is 5.02 Å². The van der Waals surface area contributed by atoms with Gasteiger partial charge in [-0.2, -0.15) is 5.10 Å². The van der Waals surface area contributed by atoms with Gasteiger partial charge in [0.25, 0.3) is 0 Å². The molecule has 1 aliphatic heterocycles. The van der Waals surface area contributed by atoms with Crippen molar-refractivity contribution in [1.29, 1.82) is 0 Å². The molecule has 2 heterocycles. The van der Waals surface area contributed by atoms with Gasteiger partial charge in [-0.1, -0.05) is 65.3 Å². The number of halogens is 1. The molecule has 1 fully saturated rings. The van der Waals surface area contributed by atoms with Crippen LogP contribution in [0.25, 0.3) is 0 Å². The highest BCUT2D eigenvalue weighted by Gasteiger charge is 2.38. The Morgan fingerprint density at radius 1 is 1.13 bits per heavy atom. The van der Waals surface area contributed by atoms with Gasteiger partial charge in [-0.3, -0.25) is 9.69 Å². The second kappa shape index (κ2) is 9.32. The van der Waals surface area contributed by atoms with Crippen molar-refractivity contribution in [2.24, 2.45) is 10.2 Å². The number of nitrogens with zero attached hydrogens (tertiary/aromatic N) is 3. The van der Waals surface area contributed by atoms with Crippen molar-refractivity contribution < 1.29 is 9.21 Å². The van der Waals surface area contributed by atoms with Crippen molar-refractivity contribution in [2.75, 3.05) is 0 Å². The summed E-state index contributed by atoms with van der Waals surface area (Å²) in [7, 11) is 0. The first-order valence-electron chi connectivity index (χ1n) is 9.51. The number of aryl methyl sites for hydroxylation is 1. The van der Waals surface area contributed by atoms with Gasteiger partial charge in [0.2, 0.25) is 5.91 Å².